The van der Waals surface area contributed by atoms with Crippen molar-refractivity contribution < 1.29 is 4.74 Å². The van der Waals surface area contributed by atoms with Crippen molar-refractivity contribution in [2.24, 2.45) is 0 Å². The van der Waals surface area contributed by atoms with Crippen LogP contribution in [0.3, 0.4) is 0 Å². The molecule has 59 heavy (non-hydrogen) atoms. The summed E-state index contributed by atoms with van der Waals surface area (Å²) in [6.07, 6.45) is 0. The monoisotopic (exact) mass is 773 g/mol. The Balaban J connectivity index is 0.988. The van der Waals surface area contributed by atoms with Crippen LogP contribution in [-0.2, 0) is 0 Å². The van der Waals surface area contributed by atoms with E-state index in [2.05, 4.69) is 215 Å². The molecule has 2 aromatic heterocycles. The van der Waals surface area contributed by atoms with E-state index in [0.717, 1.165) is 45.6 Å². The first kappa shape index (κ1) is 33.5. The summed E-state index contributed by atoms with van der Waals surface area (Å²) in [6.45, 7) is 0. The predicted octanol–water partition coefficient (Wildman–Crippen LogP) is 15.9. The molecule has 5 heteroatoms. The van der Waals surface area contributed by atoms with Gasteiger partial charge in [-0.1, -0.05) is 127 Å². The highest BCUT2D eigenvalue weighted by Crippen LogP contribution is 2.52. The molecule has 278 valence electrons. The maximum atomic E-state index is 6.65. The van der Waals surface area contributed by atoms with Crippen molar-refractivity contribution in [3.05, 3.63) is 212 Å². The highest BCUT2D eigenvalue weighted by molar-refractivity contribution is 7.27. The number of nitrogens with zero attached hydrogens (tertiary/aromatic N) is 3. The number of anilines is 6. The van der Waals surface area contributed by atoms with Crippen molar-refractivity contribution in [3.8, 4) is 28.3 Å². The van der Waals surface area contributed by atoms with E-state index in [-0.39, 0.29) is 0 Å². The summed E-state index contributed by atoms with van der Waals surface area (Å²) in [6, 6.07) is 75.7. The molecule has 0 N–H and O–H groups in total. The number of benzene rings is 9. The number of thiophene rings is 1. The van der Waals surface area contributed by atoms with Gasteiger partial charge < -0.3 is 19.1 Å². The lowest BCUT2D eigenvalue weighted by Crippen LogP contribution is -2.16. The number of hydrogen-bond acceptors (Lipinski definition) is 4. The van der Waals surface area contributed by atoms with E-state index in [1.165, 1.54) is 58.8 Å². The van der Waals surface area contributed by atoms with E-state index in [0.29, 0.717) is 0 Å². The second-order valence-corrected chi connectivity index (χ2v) is 15.9. The Morgan fingerprint density at radius 2 is 1.08 bits per heavy atom. The largest absolute Gasteiger partial charge is 0.453 e. The molecule has 1 aliphatic heterocycles. The van der Waals surface area contributed by atoms with Crippen molar-refractivity contribution in [2.45, 2.75) is 0 Å². The Morgan fingerprint density at radius 1 is 0.441 bits per heavy atom. The molecule has 0 bridgehead atoms. The van der Waals surface area contributed by atoms with Crippen LogP contribution in [0.5, 0.6) is 11.5 Å². The number of hydrogen-bond donors (Lipinski definition) is 0. The normalized spacial score (nSPS) is 12.2. The number of para-hydroxylation sites is 5. The molecular weight excluding hydrogens is 739 g/mol. The Bertz CT molecular complexity index is 3360. The second kappa shape index (κ2) is 13.5. The van der Waals surface area contributed by atoms with Gasteiger partial charge in [0.1, 0.15) is 0 Å². The smallest absolute Gasteiger partial charge is 0.153 e. The maximum Gasteiger partial charge on any atom is 0.153 e. The summed E-state index contributed by atoms with van der Waals surface area (Å²) in [5, 5.41) is 5.12. The zero-order valence-electron chi connectivity index (χ0n) is 31.9. The fourth-order valence-corrected chi connectivity index (χ4v) is 10.3. The average molecular weight is 774 g/mol. The van der Waals surface area contributed by atoms with Crippen LogP contribution in [0.25, 0.3) is 58.8 Å². The van der Waals surface area contributed by atoms with Crippen LogP contribution in [0.4, 0.5) is 34.1 Å². The highest BCUT2D eigenvalue weighted by Gasteiger charge is 2.27. The Morgan fingerprint density at radius 3 is 1.90 bits per heavy atom. The van der Waals surface area contributed by atoms with Gasteiger partial charge in [-0.3, -0.25) is 0 Å². The van der Waals surface area contributed by atoms with Crippen LogP contribution in [0.1, 0.15) is 0 Å². The number of fused-ring (bicyclic) bond motifs is 9. The first-order valence-corrected chi connectivity index (χ1v) is 20.7. The van der Waals surface area contributed by atoms with Crippen LogP contribution < -0.4 is 14.5 Å². The predicted molar refractivity (Wildman–Crippen MR) is 249 cm³/mol. The Kier molecular flexibility index (Phi) is 7.68. The molecule has 4 nitrogen and oxygen atoms in total. The van der Waals surface area contributed by atoms with Gasteiger partial charge in [0.25, 0.3) is 0 Å². The van der Waals surface area contributed by atoms with Crippen molar-refractivity contribution in [3.63, 3.8) is 0 Å². The molecule has 12 rings (SSSR count). The van der Waals surface area contributed by atoms with Crippen LogP contribution in [0, 0.1) is 0 Å². The van der Waals surface area contributed by atoms with E-state index in [1.807, 2.05) is 23.5 Å². The van der Waals surface area contributed by atoms with E-state index in [1.54, 1.807) is 0 Å². The molecule has 0 unspecified atom stereocenters. The third kappa shape index (κ3) is 5.36. The third-order valence-electron chi connectivity index (χ3n) is 11.5. The standard InChI is InChI=1S/C54H35N3OS/c1-4-16-38(17-5-1)55(42-32-34-47-50(35-42)58-49-26-13-12-25-46(49)56(47)39-18-6-2-7-19-39)41-30-27-37(28-31-41)44-23-14-24-45-52-54(59-53(44)45)51-43-22-11-10-15-36(43)29-33-48(51)57(52)40-20-8-3-9-21-40/h1-35H. The molecule has 11 aromatic rings. The minimum atomic E-state index is 0.805. The Hall–Kier alpha value is -7.60. The molecule has 0 radical (unpaired) electrons. The van der Waals surface area contributed by atoms with Gasteiger partial charge in [0.15, 0.2) is 11.5 Å². The first-order valence-electron chi connectivity index (χ1n) is 19.9. The summed E-state index contributed by atoms with van der Waals surface area (Å²) in [5.41, 5.74) is 12.3. The molecular formula is C54H35N3OS. The lowest BCUT2D eigenvalue weighted by molar-refractivity contribution is 0.477. The zero-order chi connectivity index (χ0) is 38.9. The van der Waals surface area contributed by atoms with Crippen LogP contribution in [0.15, 0.2) is 212 Å². The molecule has 9 aromatic carbocycles. The van der Waals surface area contributed by atoms with Gasteiger partial charge in [0.2, 0.25) is 0 Å². The van der Waals surface area contributed by atoms with E-state index < -0.39 is 0 Å². The van der Waals surface area contributed by atoms with Gasteiger partial charge in [-0.15, -0.1) is 11.3 Å². The highest BCUT2D eigenvalue weighted by atomic mass is 32.1. The quantitative estimate of drug-likeness (QED) is 0.168. The van der Waals surface area contributed by atoms with Crippen molar-refractivity contribution in [1.29, 1.82) is 0 Å². The van der Waals surface area contributed by atoms with Crippen molar-refractivity contribution >= 4 is 87.4 Å². The minimum absolute atomic E-state index is 0.805. The summed E-state index contributed by atoms with van der Waals surface area (Å²) in [5.74, 6) is 1.63. The van der Waals surface area contributed by atoms with Gasteiger partial charge in [-0.25, -0.2) is 0 Å². The second-order valence-electron chi connectivity index (χ2n) is 14.9. The molecule has 0 aliphatic carbocycles. The molecule has 0 saturated heterocycles. The molecule has 0 spiro atoms. The lowest BCUT2D eigenvalue weighted by atomic mass is 10.0. The Labute approximate surface area is 345 Å². The van der Waals surface area contributed by atoms with E-state index >= 15 is 0 Å². The van der Waals surface area contributed by atoms with E-state index in [4.69, 9.17) is 4.74 Å². The molecule has 0 fully saturated rings. The molecule has 0 amide bonds. The topological polar surface area (TPSA) is 20.6 Å². The van der Waals surface area contributed by atoms with E-state index in [9.17, 15) is 0 Å². The van der Waals surface area contributed by atoms with Crippen molar-refractivity contribution in [1.82, 2.24) is 4.57 Å². The SMILES string of the molecule is c1ccc(N(c2ccc(-c3cccc4c3sc3c5c6ccccc6ccc5n(-c5ccccc5)c43)cc2)c2ccc3c(c2)Oc2ccccc2N3c2ccccc2)cc1. The maximum absolute atomic E-state index is 6.65. The van der Waals surface area contributed by atoms with Crippen LogP contribution in [-0.4, -0.2) is 4.57 Å². The molecule has 1 aliphatic rings. The molecule has 3 heterocycles. The van der Waals surface area contributed by atoms with Crippen molar-refractivity contribution in [2.75, 3.05) is 9.80 Å². The van der Waals surface area contributed by atoms with Gasteiger partial charge in [0, 0.05) is 50.0 Å². The molecule has 0 atom stereocenters. The summed E-state index contributed by atoms with van der Waals surface area (Å²) < 4.78 is 11.7. The summed E-state index contributed by atoms with van der Waals surface area (Å²) in [4.78, 5) is 4.58. The number of aromatic nitrogens is 1. The number of ether oxygens (including phenoxy) is 1. The summed E-state index contributed by atoms with van der Waals surface area (Å²) in [7, 11) is 0. The fraction of sp³-hybridized carbons (Fsp3) is 0. The molecule has 0 saturated carbocycles. The fourth-order valence-electron chi connectivity index (χ4n) is 8.93. The van der Waals surface area contributed by atoms with Crippen LogP contribution >= 0.6 is 11.3 Å². The third-order valence-corrected chi connectivity index (χ3v) is 12.8. The lowest BCUT2D eigenvalue weighted by Gasteiger charge is -2.34. The van der Waals surface area contributed by atoms with Gasteiger partial charge in [0.05, 0.1) is 27.1 Å². The van der Waals surface area contributed by atoms with Gasteiger partial charge in [-0.05, 0) is 101 Å². The van der Waals surface area contributed by atoms with Gasteiger partial charge >= 0.3 is 0 Å². The zero-order valence-corrected chi connectivity index (χ0v) is 32.7. The minimum Gasteiger partial charge on any atom is -0.453 e. The van der Waals surface area contributed by atoms with Crippen LogP contribution in [0.2, 0.25) is 0 Å². The number of rotatable bonds is 6. The van der Waals surface area contributed by atoms with Gasteiger partial charge in [-0.2, -0.15) is 0 Å². The average Bonchev–Trinajstić information content (AvgIpc) is 3.84. The summed E-state index contributed by atoms with van der Waals surface area (Å²) >= 11 is 1.90. The first-order chi connectivity index (χ1) is 29.3.